The fourth-order valence-corrected chi connectivity index (χ4v) is 5.41. The summed E-state index contributed by atoms with van der Waals surface area (Å²) in [6, 6.07) is -38.8. The Morgan fingerprint density at radius 3 is 1.30 bits per heavy atom. The first-order valence-corrected chi connectivity index (χ1v) is 15.6. The molecule has 0 spiro atoms. The molecule has 254 valence electrons. The molecule has 0 aliphatic carbocycles. The first-order chi connectivity index (χ1) is 41.4. The van der Waals surface area contributed by atoms with Crippen LogP contribution in [0.2, 0.25) is 0 Å². The van der Waals surface area contributed by atoms with Crippen molar-refractivity contribution in [2.75, 3.05) is 4.90 Å². The van der Waals surface area contributed by atoms with E-state index in [1.54, 1.807) is 0 Å². The summed E-state index contributed by atoms with van der Waals surface area (Å²) in [4.78, 5) is 0.231. The number of rotatable bonds is 6. The van der Waals surface area contributed by atoms with E-state index in [1.807, 2.05) is 0 Å². The SMILES string of the molecule is [2H]c1c([2H])c([2H])c(-c2c([2H])c([2H])c(N(c3c([2H])c([2H])c(-c4c([2H])c([2H])c([2H])c([2H])c4[2H])c([2H])c3[2H])c3c([2H])c([2H])c4c(c3[2H])Oc3c(c([2H])c5c([2H])c([2H])c([2H])c([2H])c5c3[2H])-c3c([2H])c([2H])c(-c5c([2H])c([2H])c([2H])c([2H])c5[2H])c([2H])c3-4)c([2H])c2[2H])c([2H])c1[2H]. The number of hydrogen-bond donors (Lipinski definition) is 0. The number of fused-ring (bicyclic) bond motifs is 6. The number of ether oxygens (including phenoxy) is 1. The van der Waals surface area contributed by atoms with E-state index in [1.165, 1.54) is 0 Å². The highest BCUT2D eigenvalue weighted by atomic mass is 16.5. The van der Waals surface area contributed by atoms with Gasteiger partial charge in [-0.2, -0.15) is 0 Å². The fraction of sp³-hybridized carbons (Fsp3) is 0. The second-order valence-corrected chi connectivity index (χ2v) is 11.0. The third kappa shape index (κ3) is 5.81. The monoisotopic (exact) mass is 724 g/mol. The normalized spacial score (nSPS) is 20.6. The van der Waals surface area contributed by atoms with E-state index in [-0.39, 0.29) is 4.90 Å². The Kier molecular flexibility index (Phi) is 2.97. The Hall–Kier alpha value is -7.16. The highest BCUT2D eigenvalue weighted by molar-refractivity contribution is 5.99. The number of nitrogens with zero attached hydrogens (tertiary/aromatic N) is 1. The van der Waals surface area contributed by atoms with Gasteiger partial charge in [-0.25, -0.2) is 0 Å². The molecular weight excluding hydrogens is 655 g/mol. The molecule has 54 heavy (non-hydrogen) atoms. The number of hydrogen-bond acceptors (Lipinski definition) is 2. The maximum absolute atomic E-state index is 10.2. The van der Waals surface area contributed by atoms with Crippen molar-refractivity contribution in [1.29, 1.82) is 0 Å². The van der Waals surface area contributed by atoms with Gasteiger partial charge in [-0.05, 0) is 110 Å². The second-order valence-electron chi connectivity index (χ2n) is 11.0. The Morgan fingerprint density at radius 1 is 0.296 bits per heavy atom. The standard InChI is InChI=1S/C52H35NO/c1-4-12-36(13-5-1)39-20-25-44(26-21-39)53(45-27-22-40(23-28-45)37-14-6-2-7-15-37)46-29-31-48-49-32-43(38-16-8-3-9-17-38)24-30-47(49)50-33-41-18-10-11-19-42(41)34-51(50)54-52(48)35-46/h1-35H/i1D,2D,3D,4D,5D,6D,7D,8D,9D,10D,11D,12D,13D,14D,15D,16D,17D,18D,19D,20D,21D,22D,23D,24D,25D,26D,27D,28D,29D,30D,31D,32D,33D,34D,35D. The molecule has 9 aromatic carbocycles. The summed E-state index contributed by atoms with van der Waals surface area (Å²) in [7, 11) is 0. The topological polar surface area (TPSA) is 12.5 Å². The van der Waals surface area contributed by atoms with Crippen molar-refractivity contribution in [2.24, 2.45) is 0 Å². The van der Waals surface area contributed by atoms with Crippen molar-refractivity contribution in [3.8, 4) is 67.1 Å². The molecule has 1 heterocycles. The van der Waals surface area contributed by atoms with Gasteiger partial charge in [-0.1, -0.05) is 151 Å². The van der Waals surface area contributed by atoms with Gasteiger partial charge < -0.3 is 9.64 Å². The van der Waals surface area contributed by atoms with E-state index >= 15 is 0 Å². The van der Waals surface area contributed by atoms with Crippen molar-refractivity contribution in [3.63, 3.8) is 0 Å². The lowest BCUT2D eigenvalue weighted by molar-refractivity contribution is 0.488. The van der Waals surface area contributed by atoms with Crippen LogP contribution in [0.4, 0.5) is 17.1 Å². The zero-order chi connectivity index (χ0) is 66.3. The summed E-state index contributed by atoms with van der Waals surface area (Å²) in [6.07, 6.45) is 0. The van der Waals surface area contributed by atoms with Gasteiger partial charge >= 0.3 is 0 Å². The molecule has 0 N–H and O–H groups in total. The summed E-state index contributed by atoms with van der Waals surface area (Å²) in [6.45, 7) is 0. The lowest BCUT2D eigenvalue weighted by Gasteiger charge is -2.27. The van der Waals surface area contributed by atoms with Crippen molar-refractivity contribution in [1.82, 2.24) is 0 Å². The third-order valence-electron chi connectivity index (χ3n) is 7.83. The number of anilines is 3. The maximum Gasteiger partial charge on any atom is 0.137 e. The average molecular weight is 725 g/mol. The minimum absolute atomic E-state index is 0.231. The molecule has 0 aromatic heterocycles. The van der Waals surface area contributed by atoms with Gasteiger partial charge in [0.05, 0.1) is 48.0 Å². The first kappa shape index (κ1) is 11.9. The van der Waals surface area contributed by atoms with Gasteiger partial charge in [0.15, 0.2) is 0 Å². The molecule has 1 aliphatic heterocycles. The molecule has 0 saturated heterocycles. The molecule has 0 saturated carbocycles. The minimum atomic E-state index is -1.40. The van der Waals surface area contributed by atoms with Gasteiger partial charge in [0, 0.05) is 34.2 Å². The zero-order valence-electron chi connectivity index (χ0n) is 61.9. The van der Waals surface area contributed by atoms with Crippen LogP contribution in [0, 0.1) is 0 Å². The quantitative estimate of drug-likeness (QED) is 0.169. The molecule has 0 bridgehead atoms. The van der Waals surface area contributed by atoms with Crippen LogP contribution >= 0.6 is 0 Å². The molecule has 0 atom stereocenters. The molecular formula is C52H35NO. The van der Waals surface area contributed by atoms with Crippen molar-refractivity contribution in [2.45, 2.75) is 0 Å². The van der Waals surface area contributed by atoms with Gasteiger partial charge in [0.2, 0.25) is 0 Å². The van der Waals surface area contributed by atoms with E-state index in [4.69, 9.17) is 30.8 Å². The van der Waals surface area contributed by atoms with Gasteiger partial charge in [-0.15, -0.1) is 0 Å². The molecule has 2 nitrogen and oxygen atoms in total. The second kappa shape index (κ2) is 13.4. The molecule has 9 aromatic rings. The summed E-state index contributed by atoms with van der Waals surface area (Å²) in [5.41, 5.74) is -13.0. The lowest BCUT2D eigenvalue weighted by atomic mass is 9.90. The van der Waals surface area contributed by atoms with Crippen molar-refractivity contribution in [3.05, 3.63) is 211 Å². The zero-order valence-corrected chi connectivity index (χ0v) is 26.9. The lowest BCUT2D eigenvalue weighted by Crippen LogP contribution is -2.10. The van der Waals surface area contributed by atoms with Gasteiger partial charge in [-0.3, -0.25) is 0 Å². The molecule has 0 amide bonds. The summed E-state index contributed by atoms with van der Waals surface area (Å²) >= 11 is 0. The van der Waals surface area contributed by atoms with E-state index in [0.29, 0.717) is 0 Å². The van der Waals surface area contributed by atoms with E-state index in [2.05, 4.69) is 0 Å². The summed E-state index contributed by atoms with van der Waals surface area (Å²) < 4.78 is 322. The van der Waals surface area contributed by atoms with Crippen molar-refractivity contribution >= 4 is 27.8 Å². The van der Waals surface area contributed by atoms with E-state index in [9.17, 15) is 21.9 Å². The fourth-order valence-electron chi connectivity index (χ4n) is 5.41. The molecule has 0 fully saturated rings. The Morgan fingerprint density at radius 2 is 0.722 bits per heavy atom. The minimum Gasteiger partial charge on any atom is -0.456 e. The molecule has 0 unspecified atom stereocenters. The number of benzene rings is 9. The van der Waals surface area contributed by atoms with Gasteiger partial charge in [0.25, 0.3) is 0 Å². The largest absolute Gasteiger partial charge is 0.456 e. The van der Waals surface area contributed by atoms with Crippen LogP contribution in [-0.4, -0.2) is 0 Å². The highest BCUT2D eigenvalue weighted by Crippen LogP contribution is 2.51. The van der Waals surface area contributed by atoms with Crippen LogP contribution in [0.25, 0.3) is 66.4 Å². The van der Waals surface area contributed by atoms with Crippen molar-refractivity contribution < 1.29 is 52.7 Å². The molecule has 10 rings (SSSR count). The van der Waals surface area contributed by atoms with Crippen LogP contribution < -0.4 is 9.64 Å². The third-order valence-corrected chi connectivity index (χ3v) is 7.83. The maximum atomic E-state index is 10.2. The van der Waals surface area contributed by atoms with Crippen LogP contribution in [0.3, 0.4) is 0 Å². The average Bonchev–Trinajstić information content (AvgIpc) is 1.70. The van der Waals surface area contributed by atoms with Crippen LogP contribution in [-0.2, 0) is 0 Å². The predicted octanol–water partition coefficient (Wildman–Crippen LogP) is 14.8. The molecule has 2 heteroatoms. The Bertz CT molecular complexity index is 4540. The first-order valence-electron chi connectivity index (χ1n) is 33.1. The Labute approximate surface area is 365 Å². The summed E-state index contributed by atoms with van der Waals surface area (Å²) in [5, 5.41) is -1.46. The summed E-state index contributed by atoms with van der Waals surface area (Å²) in [5.74, 6) is -2.23. The smallest absolute Gasteiger partial charge is 0.137 e. The molecule has 1 aliphatic rings. The van der Waals surface area contributed by atoms with E-state index in [0.717, 1.165) is 0 Å². The van der Waals surface area contributed by atoms with Crippen LogP contribution in [0.1, 0.15) is 48.0 Å². The van der Waals surface area contributed by atoms with Crippen LogP contribution in [0.15, 0.2) is 211 Å². The van der Waals surface area contributed by atoms with Crippen LogP contribution in [0.5, 0.6) is 11.5 Å². The molecule has 0 radical (unpaired) electrons. The Balaban J connectivity index is 1.45. The predicted molar refractivity (Wildman–Crippen MR) is 226 cm³/mol. The highest BCUT2D eigenvalue weighted by Gasteiger charge is 2.24. The van der Waals surface area contributed by atoms with Gasteiger partial charge in [0.1, 0.15) is 11.5 Å². The van der Waals surface area contributed by atoms with E-state index < -0.39 is 306 Å².